The fourth-order valence-corrected chi connectivity index (χ4v) is 3.23. The van der Waals surface area contributed by atoms with Crippen LogP contribution in [0.15, 0.2) is 24.3 Å². The van der Waals surface area contributed by atoms with Crippen molar-refractivity contribution in [2.24, 2.45) is 11.7 Å². The number of piperazine rings is 1. The number of ether oxygens (including phenoxy) is 2. The van der Waals surface area contributed by atoms with Crippen molar-refractivity contribution in [3.63, 3.8) is 0 Å². The van der Waals surface area contributed by atoms with Crippen LogP contribution in [0.1, 0.15) is 26.3 Å². The number of rotatable bonds is 10. The predicted molar refractivity (Wildman–Crippen MR) is 129 cm³/mol. The van der Waals surface area contributed by atoms with Crippen LogP contribution in [0.5, 0.6) is 0 Å². The molecule has 0 saturated carbocycles. The van der Waals surface area contributed by atoms with Gasteiger partial charge in [0.2, 0.25) is 11.8 Å². The lowest BCUT2D eigenvalue weighted by molar-refractivity contribution is -0.159. The number of benzene rings is 1. The smallest absolute Gasteiger partial charge is 0.407 e. The summed E-state index contributed by atoms with van der Waals surface area (Å²) in [6.45, 7) is 5.03. The zero-order valence-corrected chi connectivity index (χ0v) is 20.5. The maximum atomic E-state index is 12.6. The van der Waals surface area contributed by atoms with Crippen LogP contribution in [0.3, 0.4) is 0 Å². The zero-order chi connectivity index (χ0) is 26.8. The normalized spacial score (nSPS) is 14.2. The molecule has 3 amide bonds. The Morgan fingerprint density at radius 3 is 2.36 bits per heavy atom. The molecular weight excluding hydrogens is 472 g/mol. The largest absolute Gasteiger partial charge is 0.449 e. The molecule has 1 aromatic carbocycles. The van der Waals surface area contributed by atoms with Crippen molar-refractivity contribution in [1.29, 1.82) is 5.41 Å². The summed E-state index contributed by atoms with van der Waals surface area (Å²) in [6.07, 6.45) is -0.897. The van der Waals surface area contributed by atoms with Gasteiger partial charge in [-0.2, -0.15) is 0 Å². The molecule has 0 spiro atoms. The number of nitrogens with two attached hydrogens (primary N) is 1. The summed E-state index contributed by atoms with van der Waals surface area (Å²) < 4.78 is 9.49. The number of esters is 2. The van der Waals surface area contributed by atoms with Crippen LogP contribution in [0.2, 0.25) is 0 Å². The number of amidine groups is 1. The number of nitrogen functional groups attached to an aromatic ring is 1. The molecule has 1 saturated heterocycles. The maximum absolute atomic E-state index is 12.6. The number of nitrogens with one attached hydrogen (secondary N) is 3. The van der Waals surface area contributed by atoms with Crippen molar-refractivity contribution >= 4 is 41.4 Å². The Morgan fingerprint density at radius 2 is 1.81 bits per heavy atom. The van der Waals surface area contributed by atoms with Crippen LogP contribution < -0.4 is 21.3 Å². The van der Waals surface area contributed by atoms with E-state index in [9.17, 15) is 24.0 Å². The second kappa shape index (κ2) is 13.1. The van der Waals surface area contributed by atoms with E-state index in [-0.39, 0.29) is 50.4 Å². The van der Waals surface area contributed by atoms with Crippen molar-refractivity contribution in [3.05, 3.63) is 29.8 Å². The van der Waals surface area contributed by atoms with E-state index in [2.05, 4.69) is 15.4 Å². The molecule has 1 heterocycles. The molecule has 1 atom stereocenters. The van der Waals surface area contributed by atoms with Crippen molar-refractivity contribution in [2.45, 2.75) is 26.8 Å². The van der Waals surface area contributed by atoms with Crippen LogP contribution in [-0.2, 0) is 28.7 Å². The molecule has 36 heavy (non-hydrogen) atoms. The van der Waals surface area contributed by atoms with E-state index in [1.807, 2.05) is 18.7 Å². The molecule has 0 unspecified atom stereocenters. The summed E-state index contributed by atoms with van der Waals surface area (Å²) in [6, 6.07) is 5.57. The molecule has 13 heteroatoms. The maximum Gasteiger partial charge on any atom is 0.407 e. The number of nitrogens with zero attached hydrogens (tertiary/aromatic N) is 2. The number of carbonyl (C=O) groups excluding carboxylic acids is 5. The second-order valence-electron chi connectivity index (χ2n) is 8.60. The van der Waals surface area contributed by atoms with Gasteiger partial charge in [-0.25, -0.2) is 9.59 Å². The van der Waals surface area contributed by atoms with Gasteiger partial charge in [0.05, 0.1) is 19.7 Å². The first kappa shape index (κ1) is 28.1. The highest BCUT2D eigenvalue weighted by molar-refractivity contribution is 5.95. The number of carbonyl (C=O) groups is 5. The molecule has 0 bridgehead atoms. The lowest BCUT2D eigenvalue weighted by Gasteiger charge is -2.35. The highest BCUT2D eigenvalue weighted by Gasteiger charge is 2.28. The summed E-state index contributed by atoms with van der Waals surface area (Å²) in [4.78, 5) is 63.5. The fraction of sp³-hybridized carbons (Fsp3) is 0.478. The summed E-state index contributed by atoms with van der Waals surface area (Å²) in [7, 11) is 0. The predicted octanol–water partition coefficient (Wildman–Crippen LogP) is -0.424. The Hall–Kier alpha value is -4.16. The summed E-state index contributed by atoms with van der Waals surface area (Å²) >= 11 is 0. The average Bonchev–Trinajstić information content (AvgIpc) is 2.81. The van der Waals surface area contributed by atoms with Gasteiger partial charge in [-0.1, -0.05) is 13.8 Å². The van der Waals surface area contributed by atoms with Crippen LogP contribution in [0.25, 0.3) is 0 Å². The Bertz CT molecular complexity index is 995. The van der Waals surface area contributed by atoms with Crippen LogP contribution >= 0.6 is 0 Å². The highest BCUT2D eigenvalue weighted by Crippen LogP contribution is 2.17. The van der Waals surface area contributed by atoms with Crippen LogP contribution in [-0.4, -0.2) is 86.0 Å². The minimum Gasteiger partial charge on any atom is -0.449 e. The van der Waals surface area contributed by atoms with Gasteiger partial charge in [0.1, 0.15) is 11.9 Å². The summed E-state index contributed by atoms with van der Waals surface area (Å²) in [5, 5.41) is 12.2. The molecule has 1 fully saturated rings. The minimum absolute atomic E-state index is 0.0482. The van der Waals surface area contributed by atoms with Crippen molar-refractivity contribution in [1.82, 2.24) is 15.5 Å². The van der Waals surface area contributed by atoms with E-state index < -0.39 is 30.0 Å². The third-order valence-corrected chi connectivity index (χ3v) is 5.07. The quantitative estimate of drug-likeness (QED) is 0.142. The molecule has 0 aliphatic carbocycles. The molecule has 5 N–H and O–H groups in total. The van der Waals surface area contributed by atoms with Gasteiger partial charge < -0.3 is 35.6 Å². The van der Waals surface area contributed by atoms with Gasteiger partial charge in [-0.15, -0.1) is 0 Å². The minimum atomic E-state index is -1.36. The van der Waals surface area contributed by atoms with Crippen LogP contribution in [0, 0.1) is 11.3 Å². The first-order valence-corrected chi connectivity index (χ1v) is 11.4. The third-order valence-electron chi connectivity index (χ3n) is 5.07. The molecule has 2 rings (SSSR count). The second-order valence-corrected chi connectivity index (χ2v) is 8.60. The number of alkyl carbamates (subject to hydrolysis) is 1. The van der Waals surface area contributed by atoms with Crippen molar-refractivity contribution in [3.8, 4) is 0 Å². The molecule has 0 radical (unpaired) electrons. The average molecular weight is 505 g/mol. The fourth-order valence-electron chi connectivity index (χ4n) is 3.23. The van der Waals surface area contributed by atoms with Gasteiger partial charge >= 0.3 is 18.0 Å². The number of anilines is 1. The van der Waals surface area contributed by atoms with Gasteiger partial charge in [0, 0.05) is 37.8 Å². The van der Waals surface area contributed by atoms with Gasteiger partial charge in [-0.05, 0) is 30.2 Å². The molecule has 1 aromatic rings. The summed E-state index contributed by atoms with van der Waals surface area (Å²) in [5.41, 5.74) is 6.83. The molecule has 13 nitrogen and oxygen atoms in total. The molecule has 0 aromatic heterocycles. The highest BCUT2D eigenvalue weighted by atomic mass is 16.6. The van der Waals surface area contributed by atoms with E-state index in [0.717, 1.165) is 12.6 Å². The standard InChI is InChI=1S/C23H32N6O7/c1-14(2)13-35-23(34)27-18(22(33)36-15(3)30)10-26-19(31)11-29-9-8-28(12-20(29)32)17-6-4-16(5-7-17)21(24)25/h4-7,14,18H,8-13H2,1-3H3,(H3,24,25)(H,26,31)(H,27,34)/t18-/m0/s1. The van der Waals surface area contributed by atoms with E-state index in [1.54, 1.807) is 24.3 Å². The van der Waals surface area contributed by atoms with E-state index >= 15 is 0 Å². The summed E-state index contributed by atoms with van der Waals surface area (Å²) in [5.74, 6) is -2.72. The Labute approximate surface area is 208 Å². The lowest BCUT2D eigenvalue weighted by Crippen LogP contribution is -2.55. The van der Waals surface area contributed by atoms with Gasteiger partial charge in [-0.3, -0.25) is 19.8 Å². The zero-order valence-electron chi connectivity index (χ0n) is 20.5. The first-order chi connectivity index (χ1) is 17.0. The monoisotopic (exact) mass is 504 g/mol. The van der Waals surface area contributed by atoms with Crippen molar-refractivity contribution in [2.75, 3.05) is 44.2 Å². The van der Waals surface area contributed by atoms with E-state index in [4.69, 9.17) is 15.9 Å². The molecule has 1 aliphatic rings. The van der Waals surface area contributed by atoms with Gasteiger partial charge in [0.25, 0.3) is 0 Å². The Balaban J connectivity index is 1.88. The van der Waals surface area contributed by atoms with E-state index in [1.165, 1.54) is 4.90 Å². The van der Waals surface area contributed by atoms with Gasteiger partial charge in [0.15, 0.2) is 0 Å². The van der Waals surface area contributed by atoms with E-state index in [0.29, 0.717) is 12.1 Å². The Morgan fingerprint density at radius 1 is 1.14 bits per heavy atom. The third kappa shape index (κ3) is 8.89. The van der Waals surface area contributed by atoms with Crippen LogP contribution in [0.4, 0.5) is 10.5 Å². The SMILES string of the molecule is CC(=O)OC(=O)[C@H](CNC(=O)CN1CCN(c2ccc(C(=N)N)cc2)CC1=O)NC(=O)OCC(C)C. The number of hydrogen-bond acceptors (Lipinski definition) is 9. The molecule has 196 valence electrons. The van der Waals surface area contributed by atoms with Crippen molar-refractivity contribution < 1.29 is 33.4 Å². The topological polar surface area (TPSA) is 184 Å². The Kier molecular flexibility index (Phi) is 10.2. The first-order valence-electron chi connectivity index (χ1n) is 11.4. The lowest BCUT2D eigenvalue weighted by atomic mass is 10.1. The molecular formula is C23H32N6O7. The number of hydrogen-bond donors (Lipinski definition) is 4. The molecule has 1 aliphatic heterocycles. The number of amides is 3.